The highest BCUT2D eigenvalue weighted by molar-refractivity contribution is 8.26. The number of ether oxygens (including phenoxy) is 1. The molecule has 1 aromatic heterocycles. The topological polar surface area (TPSA) is 47.4 Å². The second kappa shape index (κ2) is 10.8. The van der Waals surface area contributed by atoms with Crippen molar-refractivity contribution >= 4 is 40.3 Å². The lowest BCUT2D eigenvalue weighted by Crippen LogP contribution is -2.28. The molecule has 1 saturated heterocycles. The van der Waals surface area contributed by atoms with Gasteiger partial charge in [0.2, 0.25) is 0 Å². The number of hydrogen-bond acceptors (Lipinski definition) is 5. The molecule has 0 bridgehead atoms. The first-order valence-corrected chi connectivity index (χ1v) is 12.5. The average molecular weight is 478 g/mol. The van der Waals surface area contributed by atoms with E-state index < -0.39 is 0 Å². The maximum Gasteiger partial charge on any atom is 0.266 e. The summed E-state index contributed by atoms with van der Waals surface area (Å²) in [6.45, 7) is 5.51. The van der Waals surface area contributed by atoms with Crippen molar-refractivity contribution in [1.82, 2.24) is 14.7 Å². The molecule has 0 unspecified atom stereocenters. The van der Waals surface area contributed by atoms with Gasteiger partial charge in [-0.1, -0.05) is 74.6 Å². The lowest BCUT2D eigenvalue weighted by molar-refractivity contribution is -0.122. The molecule has 0 aliphatic carbocycles. The molecule has 0 N–H and O–H groups in total. The van der Waals surface area contributed by atoms with Crippen LogP contribution in [-0.4, -0.2) is 38.1 Å². The van der Waals surface area contributed by atoms with Gasteiger partial charge in [0.05, 0.1) is 17.2 Å². The number of unbranched alkanes of at least 4 members (excludes halogenated alkanes) is 1. The lowest BCUT2D eigenvalue weighted by atomic mass is 10.1. The van der Waals surface area contributed by atoms with Gasteiger partial charge in [-0.3, -0.25) is 9.69 Å². The van der Waals surface area contributed by atoms with Crippen LogP contribution in [-0.2, 0) is 4.79 Å². The summed E-state index contributed by atoms with van der Waals surface area (Å²) < 4.78 is 8.37. The first-order chi connectivity index (χ1) is 16.1. The fraction of sp³-hybridized carbons (Fsp3) is 0.269. The normalized spacial score (nSPS) is 15.0. The number of carbonyl (C=O) groups excluding carboxylic acids is 1. The summed E-state index contributed by atoms with van der Waals surface area (Å²) in [6.07, 6.45) is 6.82. The Morgan fingerprint density at radius 1 is 1.09 bits per heavy atom. The maximum atomic E-state index is 12.9. The molecule has 5 nitrogen and oxygen atoms in total. The largest absolute Gasteiger partial charge is 0.494 e. The highest BCUT2D eigenvalue weighted by atomic mass is 32.2. The molecule has 1 fully saturated rings. The van der Waals surface area contributed by atoms with Crippen molar-refractivity contribution in [2.24, 2.45) is 0 Å². The van der Waals surface area contributed by atoms with Crippen LogP contribution in [0.4, 0.5) is 0 Å². The quantitative estimate of drug-likeness (QED) is 0.205. The molecule has 170 valence electrons. The molecule has 0 radical (unpaired) electrons. The lowest BCUT2D eigenvalue weighted by Gasteiger charge is -2.11. The molecular weight excluding hydrogens is 450 g/mol. The zero-order chi connectivity index (χ0) is 23.2. The summed E-state index contributed by atoms with van der Waals surface area (Å²) in [5.41, 5.74) is 3.54. The molecule has 2 aromatic carbocycles. The van der Waals surface area contributed by atoms with Crippen molar-refractivity contribution in [2.75, 3.05) is 13.2 Å². The third-order valence-corrected chi connectivity index (χ3v) is 6.62. The van der Waals surface area contributed by atoms with Gasteiger partial charge in [0.25, 0.3) is 5.91 Å². The van der Waals surface area contributed by atoms with Crippen LogP contribution in [0.5, 0.6) is 5.75 Å². The molecule has 1 amide bonds. The zero-order valence-electron chi connectivity index (χ0n) is 18.9. The number of thiocarbonyl (C=S) groups is 1. The summed E-state index contributed by atoms with van der Waals surface area (Å²) in [5, 5.41) is 4.88. The second-order valence-corrected chi connectivity index (χ2v) is 9.45. The first-order valence-electron chi connectivity index (χ1n) is 11.2. The molecule has 1 aliphatic heterocycles. The Morgan fingerprint density at radius 3 is 2.67 bits per heavy atom. The van der Waals surface area contributed by atoms with Gasteiger partial charge in [0.1, 0.15) is 15.8 Å². The predicted molar refractivity (Wildman–Crippen MR) is 140 cm³/mol. The van der Waals surface area contributed by atoms with Crippen molar-refractivity contribution in [3.8, 4) is 22.7 Å². The van der Waals surface area contributed by atoms with Crippen LogP contribution in [0, 0.1) is 0 Å². The highest BCUT2D eigenvalue weighted by Gasteiger charge is 2.31. The minimum absolute atomic E-state index is 0.0399. The van der Waals surface area contributed by atoms with Crippen LogP contribution in [0.3, 0.4) is 0 Å². The third kappa shape index (κ3) is 5.37. The van der Waals surface area contributed by atoms with Gasteiger partial charge in [0.15, 0.2) is 0 Å². The van der Waals surface area contributed by atoms with E-state index in [9.17, 15) is 4.79 Å². The molecule has 7 heteroatoms. The van der Waals surface area contributed by atoms with Crippen molar-refractivity contribution in [3.05, 3.63) is 71.3 Å². The van der Waals surface area contributed by atoms with E-state index in [1.54, 1.807) is 4.90 Å². The Morgan fingerprint density at radius 2 is 1.91 bits per heavy atom. The highest BCUT2D eigenvalue weighted by Crippen LogP contribution is 2.35. The minimum atomic E-state index is -0.0399. The third-order valence-electron chi connectivity index (χ3n) is 5.24. The number of aromatic nitrogens is 2. The Labute approximate surface area is 204 Å². The second-order valence-electron chi connectivity index (χ2n) is 7.78. The number of nitrogens with zero attached hydrogens (tertiary/aromatic N) is 3. The van der Waals surface area contributed by atoms with Crippen LogP contribution >= 0.6 is 24.0 Å². The van der Waals surface area contributed by atoms with Gasteiger partial charge in [0, 0.05) is 23.9 Å². The number of rotatable bonds is 9. The van der Waals surface area contributed by atoms with Gasteiger partial charge < -0.3 is 4.74 Å². The molecular formula is C26H27N3O2S2. The maximum absolute atomic E-state index is 12.9. The SMILES string of the molecule is CCCCOc1cccc(-c2nn(-c3ccccc3)cc2C=C2SC(=S)N(CCC)C2=O)c1. The van der Waals surface area contributed by atoms with Crippen molar-refractivity contribution < 1.29 is 9.53 Å². The molecule has 33 heavy (non-hydrogen) atoms. The van der Waals surface area contributed by atoms with E-state index in [4.69, 9.17) is 22.1 Å². The van der Waals surface area contributed by atoms with E-state index in [0.29, 0.717) is 22.4 Å². The number of carbonyl (C=O) groups is 1. The molecule has 2 heterocycles. The van der Waals surface area contributed by atoms with Gasteiger partial charge in [-0.05, 0) is 43.2 Å². The fourth-order valence-electron chi connectivity index (χ4n) is 3.56. The Kier molecular flexibility index (Phi) is 7.62. The summed E-state index contributed by atoms with van der Waals surface area (Å²) >= 11 is 6.79. The summed E-state index contributed by atoms with van der Waals surface area (Å²) in [4.78, 5) is 15.2. The van der Waals surface area contributed by atoms with E-state index in [1.807, 2.05) is 78.5 Å². The Hall–Kier alpha value is -2.90. The van der Waals surface area contributed by atoms with Crippen molar-refractivity contribution in [2.45, 2.75) is 33.1 Å². The van der Waals surface area contributed by atoms with Gasteiger partial charge >= 0.3 is 0 Å². The number of para-hydroxylation sites is 1. The Balaban J connectivity index is 1.74. The molecule has 3 aromatic rings. The monoisotopic (exact) mass is 477 g/mol. The molecule has 1 aliphatic rings. The summed E-state index contributed by atoms with van der Waals surface area (Å²) in [7, 11) is 0. The standard InChI is InChI=1S/C26H27N3O2S2/c1-3-5-15-31-22-13-9-10-19(16-22)24-20(18-29(27-24)21-11-7-6-8-12-21)17-23-25(30)28(14-4-2)26(32)33-23/h6-13,16-18H,3-5,14-15H2,1-2H3. The van der Waals surface area contributed by atoms with Gasteiger partial charge in [-0.2, -0.15) is 5.10 Å². The van der Waals surface area contributed by atoms with E-state index in [2.05, 4.69) is 6.92 Å². The van der Waals surface area contributed by atoms with Gasteiger partial charge in [-0.15, -0.1) is 0 Å². The smallest absolute Gasteiger partial charge is 0.266 e. The number of hydrogen-bond donors (Lipinski definition) is 0. The molecule has 0 saturated carbocycles. The predicted octanol–water partition coefficient (Wildman–Crippen LogP) is 6.33. The van der Waals surface area contributed by atoms with E-state index >= 15 is 0 Å². The molecule has 0 atom stereocenters. The average Bonchev–Trinajstić information content (AvgIpc) is 3.37. The molecule has 4 rings (SSSR count). The van der Waals surface area contributed by atoms with E-state index in [-0.39, 0.29) is 5.91 Å². The molecule has 0 spiro atoms. The van der Waals surface area contributed by atoms with Crippen LogP contribution in [0.25, 0.3) is 23.0 Å². The number of benzene rings is 2. The number of amides is 1. The van der Waals surface area contributed by atoms with Crippen LogP contribution < -0.4 is 4.74 Å². The van der Waals surface area contributed by atoms with Crippen molar-refractivity contribution in [1.29, 1.82) is 0 Å². The van der Waals surface area contributed by atoms with Crippen LogP contribution in [0.15, 0.2) is 65.7 Å². The summed E-state index contributed by atoms with van der Waals surface area (Å²) in [6, 6.07) is 17.9. The minimum Gasteiger partial charge on any atom is -0.494 e. The van der Waals surface area contributed by atoms with E-state index in [0.717, 1.165) is 47.5 Å². The van der Waals surface area contributed by atoms with Crippen LogP contribution in [0.1, 0.15) is 38.7 Å². The zero-order valence-corrected chi connectivity index (χ0v) is 20.5. The van der Waals surface area contributed by atoms with E-state index in [1.165, 1.54) is 11.8 Å². The fourth-order valence-corrected chi connectivity index (χ4v) is 4.85. The summed E-state index contributed by atoms with van der Waals surface area (Å²) in [5.74, 6) is 0.775. The number of thioether (sulfide) groups is 1. The Bertz CT molecular complexity index is 1170. The van der Waals surface area contributed by atoms with Crippen LogP contribution in [0.2, 0.25) is 0 Å². The van der Waals surface area contributed by atoms with Gasteiger partial charge in [-0.25, -0.2) is 4.68 Å². The van der Waals surface area contributed by atoms with Crippen molar-refractivity contribution in [3.63, 3.8) is 0 Å². The first kappa shape index (κ1) is 23.3.